The van der Waals surface area contributed by atoms with E-state index in [4.69, 9.17) is 16.3 Å². The molecule has 2 unspecified atom stereocenters. The molecule has 37 heavy (non-hydrogen) atoms. The standard InChI is InChI=1S/C27H27ClFN3O4S/c28-24-10-9-23(37-24)20-7-3-17(14-30-20)26(34)27(35)31-21(15-32-11-1-2-12-32)25(33)16-4-8-22(19(29)13-16)36-18-5-6-18/h3-4,7-10,13-14,18,21,25,33H,1-2,5-6,11-12,15H2,(H,31,35). The molecule has 1 aromatic carbocycles. The number of ether oxygens (including phenoxy) is 1. The van der Waals surface area contributed by atoms with Gasteiger partial charge in [0.2, 0.25) is 0 Å². The summed E-state index contributed by atoms with van der Waals surface area (Å²) in [5, 5.41) is 13.8. The van der Waals surface area contributed by atoms with Gasteiger partial charge >= 0.3 is 0 Å². The summed E-state index contributed by atoms with van der Waals surface area (Å²) in [6, 6.07) is 10.3. The minimum atomic E-state index is -1.22. The van der Waals surface area contributed by atoms with Crippen molar-refractivity contribution >= 4 is 34.6 Å². The average Bonchev–Trinajstić information content (AvgIpc) is 3.36. The molecule has 3 heterocycles. The minimum Gasteiger partial charge on any atom is -0.487 e. The Hall–Kier alpha value is -2.85. The Morgan fingerprint density at radius 3 is 2.59 bits per heavy atom. The van der Waals surface area contributed by atoms with E-state index in [2.05, 4.69) is 15.2 Å². The molecule has 2 atom stereocenters. The van der Waals surface area contributed by atoms with Crippen molar-refractivity contribution in [2.24, 2.45) is 0 Å². The van der Waals surface area contributed by atoms with E-state index in [9.17, 15) is 19.1 Å². The molecule has 7 nitrogen and oxygen atoms in total. The smallest absolute Gasteiger partial charge is 0.292 e. The van der Waals surface area contributed by atoms with Crippen LogP contribution in [0.4, 0.5) is 4.39 Å². The number of aromatic nitrogens is 1. The monoisotopic (exact) mass is 543 g/mol. The molecular formula is C27H27ClFN3O4S. The number of rotatable bonds is 10. The van der Waals surface area contributed by atoms with Gasteiger partial charge in [-0.25, -0.2) is 4.39 Å². The van der Waals surface area contributed by atoms with Crippen molar-refractivity contribution < 1.29 is 23.8 Å². The average molecular weight is 544 g/mol. The zero-order valence-corrected chi connectivity index (χ0v) is 21.6. The lowest BCUT2D eigenvalue weighted by molar-refractivity contribution is -0.118. The van der Waals surface area contributed by atoms with Crippen LogP contribution in [0.1, 0.15) is 47.7 Å². The van der Waals surface area contributed by atoms with Gasteiger partial charge in [0.05, 0.1) is 27.1 Å². The maximum absolute atomic E-state index is 14.6. The molecule has 2 aromatic heterocycles. The molecule has 2 aliphatic rings. The number of carbonyl (C=O) groups is 2. The van der Waals surface area contributed by atoms with E-state index < -0.39 is 29.7 Å². The molecule has 2 N–H and O–H groups in total. The van der Waals surface area contributed by atoms with Crippen molar-refractivity contribution in [3.63, 3.8) is 0 Å². The molecule has 1 saturated heterocycles. The molecule has 1 aliphatic carbocycles. The Morgan fingerprint density at radius 1 is 1.19 bits per heavy atom. The first-order valence-corrected chi connectivity index (χ1v) is 13.5. The van der Waals surface area contributed by atoms with Crippen LogP contribution in [0.2, 0.25) is 4.34 Å². The molecule has 0 radical (unpaired) electrons. The predicted octanol–water partition coefficient (Wildman–Crippen LogP) is 4.64. The van der Waals surface area contributed by atoms with Crippen LogP contribution >= 0.6 is 22.9 Å². The van der Waals surface area contributed by atoms with Gasteiger partial charge in [-0.2, -0.15) is 0 Å². The van der Waals surface area contributed by atoms with Crippen LogP contribution in [0, 0.1) is 5.82 Å². The number of halogens is 2. The van der Waals surface area contributed by atoms with Crippen LogP contribution in [0.15, 0.2) is 48.7 Å². The van der Waals surface area contributed by atoms with Gasteiger partial charge in [-0.1, -0.05) is 17.7 Å². The van der Waals surface area contributed by atoms with E-state index in [-0.39, 0.29) is 17.4 Å². The highest BCUT2D eigenvalue weighted by atomic mass is 35.5. The third kappa shape index (κ3) is 6.35. The Bertz CT molecular complexity index is 1270. The molecule has 1 aliphatic heterocycles. The van der Waals surface area contributed by atoms with Crippen molar-refractivity contribution in [1.29, 1.82) is 0 Å². The Kier molecular flexibility index (Phi) is 7.85. The third-order valence-corrected chi connectivity index (χ3v) is 7.78. The van der Waals surface area contributed by atoms with Crippen LogP contribution in [0.3, 0.4) is 0 Å². The van der Waals surface area contributed by atoms with Gasteiger partial charge in [-0.05, 0) is 80.7 Å². The minimum absolute atomic E-state index is 0.0464. The number of nitrogens with zero attached hydrogens (tertiary/aromatic N) is 2. The highest BCUT2D eigenvalue weighted by Gasteiger charge is 2.30. The van der Waals surface area contributed by atoms with Gasteiger partial charge < -0.3 is 20.1 Å². The first-order valence-electron chi connectivity index (χ1n) is 12.3. The summed E-state index contributed by atoms with van der Waals surface area (Å²) in [6.07, 6.45) is 4.03. The van der Waals surface area contributed by atoms with Gasteiger partial charge in [0.15, 0.2) is 11.6 Å². The molecule has 194 valence electrons. The van der Waals surface area contributed by atoms with Crippen molar-refractivity contribution in [2.45, 2.75) is 43.9 Å². The first-order chi connectivity index (χ1) is 17.9. The Morgan fingerprint density at radius 2 is 1.97 bits per heavy atom. The number of benzene rings is 1. The molecule has 10 heteroatoms. The summed E-state index contributed by atoms with van der Waals surface area (Å²) in [5.74, 6) is -2.04. The van der Waals surface area contributed by atoms with E-state index in [1.807, 2.05) is 6.07 Å². The fraction of sp³-hybridized carbons (Fsp3) is 0.370. The zero-order valence-electron chi connectivity index (χ0n) is 20.0. The van der Waals surface area contributed by atoms with E-state index in [0.29, 0.717) is 22.1 Å². The number of ketones is 1. The van der Waals surface area contributed by atoms with E-state index >= 15 is 0 Å². The number of hydrogen-bond acceptors (Lipinski definition) is 7. The number of thiophene rings is 1. The van der Waals surface area contributed by atoms with Crippen molar-refractivity contribution in [1.82, 2.24) is 15.2 Å². The van der Waals surface area contributed by atoms with E-state index in [1.54, 1.807) is 18.2 Å². The molecule has 0 bridgehead atoms. The summed E-state index contributed by atoms with van der Waals surface area (Å²) >= 11 is 7.35. The fourth-order valence-electron chi connectivity index (χ4n) is 4.35. The van der Waals surface area contributed by atoms with Gasteiger partial charge in [-0.3, -0.25) is 14.6 Å². The van der Waals surface area contributed by atoms with Crippen LogP contribution in [0.25, 0.3) is 10.6 Å². The van der Waals surface area contributed by atoms with Crippen LogP contribution in [0.5, 0.6) is 5.75 Å². The maximum Gasteiger partial charge on any atom is 0.292 e. The SMILES string of the molecule is O=C(NC(CN1CCCC1)C(O)c1ccc(OC2CC2)c(F)c1)C(=O)c1ccc(-c2ccc(Cl)s2)nc1. The number of pyridine rings is 1. The largest absolute Gasteiger partial charge is 0.487 e. The number of carbonyl (C=O) groups excluding carboxylic acids is 2. The Labute approximate surface area is 223 Å². The number of amides is 1. The highest BCUT2D eigenvalue weighted by Crippen LogP contribution is 2.31. The number of Topliss-reactive ketones (excluding diaryl/α,β-unsaturated/α-hetero) is 1. The molecule has 5 rings (SSSR count). The van der Waals surface area contributed by atoms with Gasteiger partial charge in [0.25, 0.3) is 11.7 Å². The van der Waals surface area contributed by atoms with Crippen LogP contribution in [-0.4, -0.2) is 58.5 Å². The summed E-state index contributed by atoms with van der Waals surface area (Å²) in [4.78, 5) is 33.1. The summed E-state index contributed by atoms with van der Waals surface area (Å²) in [5.41, 5.74) is 1.08. The molecular weight excluding hydrogens is 517 g/mol. The van der Waals surface area contributed by atoms with Gasteiger partial charge in [-0.15, -0.1) is 11.3 Å². The molecule has 3 aromatic rings. The lowest BCUT2D eigenvalue weighted by Crippen LogP contribution is -2.48. The van der Waals surface area contributed by atoms with Gasteiger partial charge in [0.1, 0.15) is 6.10 Å². The molecule has 1 saturated carbocycles. The normalized spacial score (nSPS) is 17.4. The molecule has 2 fully saturated rings. The first kappa shape index (κ1) is 25.8. The molecule has 0 spiro atoms. The fourth-order valence-corrected chi connectivity index (χ4v) is 5.37. The van der Waals surface area contributed by atoms with Crippen molar-refractivity contribution in [3.8, 4) is 16.3 Å². The Balaban J connectivity index is 1.30. The quantitative estimate of drug-likeness (QED) is 0.286. The number of aliphatic hydroxyl groups is 1. The van der Waals surface area contributed by atoms with E-state index in [0.717, 1.165) is 43.6 Å². The van der Waals surface area contributed by atoms with Gasteiger partial charge in [0, 0.05) is 18.3 Å². The highest BCUT2D eigenvalue weighted by molar-refractivity contribution is 7.19. The predicted molar refractivity (Wildman–Crippen MR) is 140 cm³/mol. The van der Waals surface area contributed by atoms with Crippen molar-refractivity contribution in [3.05, 3.63) is 69.9 Å². The number of nitrogens with one attached hydrogen (secondary N) is 1. The van der Waals surface area contributed by atoms with Crippen molar-refractivity contribution in [2.75, 3.05) is 19.6 Å². The second-order valence-corrected chi connectivity index (χ2v) is 11.1. The lowest BCUT2D eigenvalue weighted by Gasteiger charge is -2.28. The lowest BCUT2D eigenvalue weighted by atomic mass is 10.0. The second kappa shape index (κ2) is 11.3. The number of likely N-dealkylation sites (tertiary alicyclic amines) is 1. The van der Waals surface area contributed by atoms with Crippen LogP contribution in [-0.2, 0) is 4.79 Å². The van der Waals surface area contributed by atoms with Crippen LogP contribution < -0.4 is 10.1 Å². The topological polar surface area (TPSA) is 91.8 Å². The number of aliphatic hydroxyl groups excluding tert-OH is 1. The third-order valence-electron chi connectivity index (χ3n) is 6.52. The number of hydrogen-bond donors (Lipinski definition) is 2. The van der Waals surface area contributed by atoms with E-state index in [1.165, 1.54) is 35.7 Å². The summed E-state index contributed by atoms with van der Waals surface area (Å²) in [7, 11) is 0. The molecule has 1 amide bonds. The zero-order chi connectivity index (χ0) is 25.9. The summed E-state index contributed by atoms with van der Waals surface area (Å²) < 4.78 is 20.8. The maximum atomic E-state index is 14.6. The summed E-state index contributed by atoms with van der Waals surface area (Å²) in [6.45, 7) is 1.99. The second-order valence-electron chi connectivity index (χ2n) is 9.40.